The van der Waals surface area contributed by atoms with Gasteiger partial charge in [-0.05, 0) is 0 Å². The number of nitrogens with two attached hydrogens (primary N) is 1. The third kappa shape index (κ3) is 1.59. The molecule has 1 unspecified atom stereocenters. The van der Waals surface area contributed by atoms with Crippen molar-refractivity contribution in [1.82, 2.24) is 0 Å². The van der Waals surface area contributed by atoms with Crippen molar-refractivity contribution < 1.29 is 19.2 Å². The Labute approximate surface area is 83.1 Å². The zero-order chi connectivity index (χ0) is 10.8. The minimum absolute atomic E-state index is 0.272. The predicted molar refractivity (Wildman–Crippen MR) is 47.9 cm³/mol. The Kier molecular flexibility index (Phi) is 3.10. The fourth-order valence-electron chi connectivity index (χ4n) is 2.32. The normalized spacial score (nSPS) is 21.8. The second-order valence-corrected chi connectivity index (χ2v) is 3.78. The van der Waals surface area contributed by atoms with E-state index < -0.39 is 18.0 Å². The van der Waals surface area contributed by atoms with Gasteiger partial charge in [0.25, 0.3) is 12.0 Å². The molecule has 0 saturated carbocycles. The van der Waals surface area contributed by atoms with E-state index >= 15 is 0 Å². The largest absolute Gasteiger partial charge is 0.498 e. The molecule has 1 atom stereocenters. The number of hydrogen-bond acceptors (Lipinski definition) is 3. The van der Waals surface area contributed by atoms with E-state index in [-0.39, 0.29) is 4.48 Å². The second kappa shape index (κ2) is 3.96. The molecule has 0 aromatic heterocycles. The molecule has 1 aliphatic rings. The second-order valence-electron chi connectivity index (χ2n) is 3.78. The first-order valence-corrected chi connectivity index (χ1v) is 4.92. The molecule has 2 amide bonds. The molecule has 1 heterocycles. The molecule has 1 aliphatic heterocycles. The lowest BCUT2D eigenvalue weighted by Crippen LogP contribution is -2.65. The number of rotatable bonds is 3. The number of carboxylic acid groups (broad SMARTS) is 1. The fraction of sp³-hybridized carbons (Fsp3) is 0.778. The highest BCUT2D eigenvalue weighted by Crippen LogP contribution is 2.25. The zero-order valence-electron chi connectivity index (χ0n) is 8.36. The lowest BCUT2D eigenvalue weighted by atomic mass is 10.1. The number of nitrogens with zero attached hydrogens (tertiary/aromatic N) is 1. The SMILES string of the molecule is CCC(C(N)=O)[N+]1(C(=O)[O-])CCCC1. The Morgan fingerprint density at radius 2 is 1.93 bits per heavy atom. The first-order chi connectivity index (χ1) is 6.54. The molecule has 1 fully saturated rings. The number of hydrogen-bond donors (Lipinski definition) is 1. The van der Waals surface area contributed by atoms with Gasteiger partial charge in [-0.3, -0.25) is 9.28 Å². The molecule has 2 N–H and O–H groups in total. The van der Waals surface area contributed by atoms with E-state index in [0.29, 0.717) is 19.5 Å². The van der Waals surface area contributed by atoms with E-state index in [1.165, 1.54) is 0 Å². The van der Waals surface area contributed by atoms with Gasteiger partial charge in [-0.25, -0.2) is 0 Å². The number of primary amides is 1. The number of amides is 2. The Morgan fingerprint density at radius 1 is 1.43 bits per heavy atom. The minimum atomic E-state index is -1.17. The van der Waals surface area contributed by atoms with Crippen molar-refractivity contribution in [3.05, 3.63) is 0 Å². The summed E-state index contributed by atoms with van der Waals surface area (Å²) in [5.74, 6) is -0.543. The molecular formula is C9H16N2O3. The van der Waals surface area contributed by atoms with Crippen molar-refractivity contribution in [2.75, 3.05) is 13.1 Å². The van der Waals surface area contributed by atoms with E-state index in [0.717, 1.165) is 12.8 Å². The number of quaternary nitrogens is 1. The summed E-state index contributed by atoms with van der Waals surface area (Å²) in [6.07, 6.45) is 0.909. The predicted octanol–water partition coefficient (Wildman–Crippen LogP) is -0.796. The standard InChI is InChI=1S/C9H16N2O3/c1-2-7(8(10)12)11(9(13)14)5-3-4-6-11/h7H,2-6H2,1H3,(H2-,10,12,13,14). The lowest BCUT2D eigenvalue weighted by Gasteiger charge is -2.38. The van der Waals surface area contributed by atoms with Crippen LogP contribution in [0, 0.1) is 0 Å². The summed E-state index contributed by atoms with van der Waals surface area (Å²) in [6, 6.07) is -0.637. The molecule has 1 saturated heterocycles. The van der Waals surface area contributed by atoms with Crippen molar-refractivity contribution in [3.8, 4) is 0 Å². The number of carbonyl (C=O) groups excluding carboxylic acids is 2. The van der Waals surface area contributed by atoms with Crippen LogP contribution < -0.4 is 10.8 Å². The Bertz CT molecular complexity index is 246. The molecule has 0 spiro atoms. The maximum atomic E-state index is 11.1. The highest BCUT2D eigenvalue weighted by atomic mass is 16.4. The molecule has 0 aliphatic carbocycles. The van der Waals surface area contributed by atoms with Gasteiger partial charge >= 0.3 is 0 Å². The van der Waals surface area contributed by atoms with E-state index in [4.69, 9.17) is 5.73 Å². The summed E-state index contributed by atoms with van der Waals surface area (Å²) < 4.78 is -0.272. The highest BCUT2D eigenvalue weighted by molar-refractivity contribution is 5.80. The third-order valence-corrected chi connectivity index (χ3v) is 3.04. The topological polar surface area (TPSA) is 83.2 Å². The highest BCUT2D eigenvalue weighted by Gasteiger charge is 2.44. The molecule has 1 rings (SSSR count). The van der Waals surface area contributed by atoms with Crippen LogP contribution in [0.4, 0.5) is 4.79 Å². The van der Waals surface area contributed by atoms with Crippen LogP contribution in [0.5, 0.6) is 0 Å². The zero-order valence-corrected chi connectivity index (χ0v) is 8.36. The molecule has 5 nitrogen and oxygen atoms in total. The number of carbonyl (C=O) groups is 2. The lowest BCUT2D eigenvalue weighted by molar-refractivity contribution is -0.879. The van der Waals surface area contributed by atoms with Crippen LogP contribution in [0.2, 0.25) is 0 Å². The first kappa shape index (κ1) is 11.0. The van der Waals surface area contributed by atoms with Gasteiger partial charge in [-0.15, -0.1) is 0 Å². The van der Waals surface area contributed by atoms with Crippen molar-refractivity contribution in [1.29, 1.82) is 0 Å². The summed E-state index contributed by atoms with van der Waals surface area (Å²) in [6.45, 7) is 2.70. The summed E-state index contributed by atoms with van der Waals surface area (Å²) in [5, 5.41) is 11.1. The molecule has 5 heteroatoms. The molecule has 80 valence electrons. The van der Waals surface area contributed by atoms with Crippen LogP contribution in [0.15, 0.2) is 0 Å². The minimum Gasteiger partial charge on any atom is -0.498 e. The van der Waals surface area contributed by atoms with Gasteiger partial charge in [0.1, 0.15) is 0 Å². The fourth-order valence-corrected chi connectivity index (χ4v) is 2.32. The van der Waals surface area contributed by atoms with Crippen molar-refractivity contribution in [2.24, 2.45) is 5.73 Å². The summed E-state index contributed by atoms with van der Waals surface area (Å²) >= 11 is 0. The van der Waals surface area contributed by atoms with Crippen molar-refractivity contribution in [2.45, 2.75) is 32.2 Å². The molecule has 14 heavy (non-hydrogen) atoms. The van der Waals surface area contributed by atoms with Crippen LogP contribution in [-0.4, -0.2) is 35.6 Å². The molecular weight excluding hydrogens is 184 g/mol. The summed E-state index contributed by atoms with van der Waals surface area (Å²) in [4.78, 5) is 22.2. The van der Waals surface area contributed by atoms with Gasteiger partial charge in [0.15, 0.2) is 6.04 Å². The van der Waals surface area contributed by atoms with E-state index in [1.807, 2.05) is 0 Å². The Morgan fingerprint density at radius 3 is 2.21 bits per heavy atom. The van der Waals surface area contributed by atoms with Crippen molar-refractivity contribution >= 4 is 12.0 Å². The van der Waals surface area contributed by atoms with Gasteiger partial charge in [-0.1, -0.05) is 6.92 Å². The smallest absolute Gasteiger partial charge is 0.276 e. The molecule has 0 aromatic carbocycles. The van der Waals surface area contributed by atoms with Crippen LogP contribution in [0.1, 0.15) is 26.2 Å². The average molecular weight is 200 g/mol. The quantitative estimate of drug-likeness (QED) is 0.606. The average Bonchev–Trinajstić information content (AvgIpc) is 2.54. The van der Waals surface area contributed by atoms with Gasteiger partial charge < -0.3 is 15.6 Å². The third-order valence-electron chi connectivity index (χ3n) is 3.04. The monoisotopic (exact) mass is 200 g/mol. The Balaban J connectivity index is 2.96. The van der Waals surface area contributed by atoms with Crippen LogP contribution >= 0.6 is 0 Å². The van der Waals surface area contributed by atoms with Crippen LogP contribution in [0.3, 0.4) is 0 Å². The van der Waals surface area contributed by atoms with Gasteiger partial charge in [-0.2, -0.15) is 0 Å². The molecule has 0 bridgehead atoms. The van der Waals surface area contributed by atoms with Gasteiger partial charge in [0, 0.05) is 19.3 Å². The van der Waals surface area contributed by atoms with E-state index in [2.05, 4.69) is 0 Å². The van der Waals surface area contributed by atoms with Gasteiger partial charge in [0.05, 0.1) is 13.1 Å². The summed E-state index contributed by atoms with van der Waals surface area (Å²) in [7, 11) is 0. The molecule has 0 aromatic rings. The van der Waals surface area contributed by atoms with Gasteiger partial charge in [0.2, 0.25) is 0 Å². The van der Waals surface area contributed by atoms with Crippen molar-refractivity contribution in [3.63, 3.8) is 0 Å². The maximum Gasteiger partial charge on any atom is 0.276 e. The summed E-state index contributed by atoms with van der Waals surface area (Å²) in [5.41, 5.74) is 5.20. The van der Waals surface area contributed by atoms with Crippen LogP contribution in [0.25, 0.3) is 0 Å². The van der Waals surface area contributed by atoms with Crippen LogP contribution in [-0.2, 0) is 4.79 Å². The maximum absolute atomic E-state index is 11.1. The Hall–Kier alpha value is -1.10. The van der Waals surface area contributed by atoms with E-state index in [1.54, 1.807) is 6.92 Å². The number of likely N-dealkylation sites (tertiary alicyclic amines) is 1. The van der Waals surface area contributed by atoms with E-state index in [9.17, 15) is 14.7 Å². The molecule has 0 radical (unpaired) electrons. The first-order valence-electron chi connectivity index (χ1n) is 4.92.